The normalized spacial score (nSPS) is 33.2. The van der Waals surface area contributed by atoms with E-state index in [1.54, 1.807) is 55.5 Å². The number of urea groups is 3. The monoisotopic (exact) mass is 1940 g/mol. The van der Waals surface area contributed by atoms with Crippen molar-refractivity contribution in [2.75, 3.05) is 131 Å². The van der Waals surface area contributed by atoms with E-state index in [0.717, 1.165) is 43.2 Å². The van der Waals surface area contributed by atoms with E-state index >= 15 is 0 Å². The second-order valence-electron chi connectivity index (χ2n) is 38.2. The summed E-state index contributed by atoms with van der Waals surface area (Å²) in [6.07, 6.45) is 25.7. The van der Waals surface area contributed by atoms with Crippen molar-refractivity contribution in [3.05, 3.63) is 133 Å². The maximum absolute atomic E-state index is 11.6. The predicted octanol–water partition coefficient (Wildman–Crippen LogP) is 2.05. The van der Waals surface area contributed by atoms with Crippen LogP contribution in [0.25, 0.3) is 0 Å². The lowest BCUT2D eigenvalue weighted by atomic mass is 9.98. The molecule has 43 heteroatoms. The minimum atomic E-state index is -1.23. The van der Waals surface area contributed by atoms with Crippen molar-refractivity contribution in [2.24, 2.45) is 5.10 Å². The van der Waals surface area contributed by atoms with Crippen LogP contribution in [-0.2, 0) is 38.0 Å². The Morgan fingerprint density at radius 1 is 0.403 bits per heavy atom. The molecule has 12 aliphatic rings. The molecular weight excluding hydrogens is 1800 g/mol. The minimum Gasteiger partial charge on any atom is -0.388 e. The number of carbonyl (C=O) groups excluding carboxylic acids is 5. The summed E-state index contributed by atoms with van der Waals surface area (Å²) in [5.74, 6) is 0.463. The van der Waals surface area contributed by atoms with E-state index in [9.17, 15) is 85.3 Å². The van der Waals surface area contributed by atoms with Gasteiger partial charge in [0.05, 0.1) is 36.6 Å². The molecule has 0 unspecified atom stereocenters. The van der Waals surface area contributed by atoms with Gasteiger partial charge in [0.2, 0.25) is 0 Å². The van der Waals surface area contributed by atoms with E-state index in [2.05, 4.69) is 200 Å². The number of nitrogens with one attached hydrogen (secondary N) is 7. The third-order valence-electron chi connectivity index (χ3n) is 22.6. The molecule has 19 N–H and O–H groups in total. The molecule has 0 aromatic rings. The number of thiocarbonyl (C=S) groups is 1. The molecule has 8 amide bonds. The number of rotatable bonds is 24. The van der Waals surface area contributed by atoms with Gasteiger partial charge in [0.15, 0.2) is 18.7 Å². The fourth-order valence-electron chi connectivity index (χ4n) is 14.9. The van der Waals surface area contributed by atoms with Gasteiger partial charge in [-0.1, -0.05) is 51.7 Å². The summed E-state index contributed by atoms with van der Waals surface area (Å²) in [4.78, 5) is 63.5. The van der Waals surface area contributed by atoms with Crippen molar-refractivity contribution in [3.8, 4) is 0 Å². The molecule has 0 aromatic heterocycles. The molecule has 726 valence electrons. The summed E-state index contributed by atoms with van der Waals surface area (Å²) in [5, 5.41) is 146. The van der Waals surface area contributed by atoms with Gasteiger partial charge in [-0.25, -0.2) is 19.4 Å². The van der Waals surface area contributed by atoms with Crippen LogP contribution in [0.4, 0.5) is 14.4 Å². The summed E-state index contributed by atoms with van der Waals surface area (Å²) in [6.45, 7) is 42.5. The van der Waals surface area contributed by atoms with Crippen LogP contribution < -0.4 is 37.2 Å². The van der Waals surface area contributed by atoms with E-state index < -0.39 is 182 Å². The molecule has 0 aromatic carbocycles. The molecule has 6 fully saturated rings. The molecule has 0 saturated carbocycles. The highest BCUT2D eigenvalue weighted by Crippen LogP contribution is 2.46. The number of hydrogen-bond acceptors (Lipinski definition) is 28. The van der Waals surface area contributed by atoms with Crippen LogP contribution in [0.2, 0.25) is 0 Å². The zero-order valence-corrected chi connectivity index (χ0v) is 83.2. The summed E-state index contributed by atoms with van der Waals surface area (Å²) >= 11 is 5.03. The van der Waals surface area contributed by atoms with E-state index in [0.29, 0.717) is 94.5 Å². The third-order valence-corrected chi connectivity index (χ3v) is 31.7. The Bertz CT molecular complexity index is 4610. The average Bonchev–Trinajstić information content (AvgIpc) is 1.67. The number of likely N-dealkylation sites (N-methyl/N-ethyl adjacent to an activating group) is 1. The maximum atomic E-state index is 11.6. The Kier molecular flexibility index (Phi) is 38.8. The van der Waals surface area contributed by atoms with E-state index in [-0.39, 0.29) is 41.8 Å². The van der Waals surface area contributed by atoms with Crippen molar-refractivity contribution < 1.29 is 114 Å². The van der Waals surface area contributed by atoms with E-state index in [1.165, 1.54) is 27.2 Å². The van der Waals surface area contributed by atoms with Gasteiger partial charge in [-0.15, -0.1) is 79.1 Å². The number of ether oxygens (including phenoxy) is 6. The topological polar surface area (TPSA) is 496 Å². The molecule has 36 nitrogen and oxygen atoms in total. The molecule has 24 atom stereocenters. The minimum absolute atomic E-state index is 0.212. The molecule has 12 aliphatic heterocycles. The van der Waals surface area contributed by atoms with Gasteiger partial charge < -0.3 is 142 Å². The first-order valence-electron chi connectivity index (χ1n) is 42.1. The van der Waals surface area contributed by atoms with E-state index in [4.69, 9.17) is 40.6 Å². The van der Waals surface area contributed by atoms with E-state index in [1.807, 2.05) is 0 Å². The van der Waals surface area contributed by atoms with Crippen molar-refractivity contribution in [1.29, 1.82) is 0 Å². The molecule has 0 spiro atoms. The summed E-state index contributed by atoms with van der Waals surface area (Å²) in [6, 6.07) is -0.958. The highest BCUT2D eigenvalue weighted by atomic mass is 32.1. The standard InChI is InChI=1S/3C15H25N2O4P.C14H23N2O4P.C14H23N2O3PS.C13H22N3O4P/c1-9-10(8-17(2)15(20)16-9)14-13(19)12(18)11(21-14)6-7-22(3,4)5;1-9-10(8-16-15(20)17(9)2)14-13(19)12(18)11(21-14)6-7-22(3,4)5;1-9-8-17(10(2)16-14(9)20)15-13(19)12(18)11(21-15)6-7-22(3,4)5;1-8-9(7-15-14(19)16-8)13-12(18)11(17)10(20-13)5-6-21(2,3)4;1-9-15-11(21)5-7-16(9)14-13(18)12(17)10(19-14)6-8-20(2,3)4;1-8-15-10(17)7-14-16(8)13-12(19)11(18)9(20-13)5-6-21(2,3)4/h2*8,11-14,18-19H,1,3,6-7H2,2,4-5H3,(H,16,20);8,11-13,15,18-19H,2-3,6-7H2,1,4-5H3,(H,16,20);7,10-13,17-18H,1-2,5-6H2,3-4H3,(H2,15,16,19);5,7,10,12-14,17-18H,1-2,6,8H2,3-4H3,(H,15,21);7,9,11-13,18-19H,1-2,5-6H2,3-4H3,(H,15,17)/t2*11-,12-,13-,14+;11-,12-,13-,15-;10-,11-,12-,13+;10-,12-,13-,14-;9-,11-,12-,13-/m111111/s1. The van der Waals surface area contributed by atoms with Gasteiger partial charge in [-0.05, 0) is 168 Å². The first kappa shape index (κ1) is 110. The first-order valence-corrected chi connectivity index (χ1v) is 60.9. The van der Waals surface area contributed by atoms with Crippen LogP contribution in [0.1, 0.15) is 45.4 Å². The van der Waals surface area contributed by atoms with Crippen molar-refractivity contribution in [2.45, 2.75) is 192 Å². The predicted molar refractivity (Wildman–Crippen MR) is 529 cm³/mol. The van der Waals surface area contributed by atoms with Crippen LogP contribution in [0.15, 0.2) is 138 Å². The Hall–Kier alpha value is -6.07. The van der Waals surface area contributed by atoms with Crippen LogP contribution >= 0.6 is 53.5 Å². The molecule has 0 bridgehead atoms. The molecule has 0 aliphatic carbocycles. The van der Waals surface area contributed by atoms with Crippen LogP contribution in [0, 0.1) is 0 Å². The molecule has 129 heavy (non-hydrogen) atoms. The number of hydrazone groups is 1. The molecule has 12 heterocycles. The quantitative estimate of drug-likeness (QED) is 0.0486. The summed E-state index contributed by atoms with van der Waals surface area (Å²) < 4.78 is 34.9. The van der Waals surface area contributed by atoms with Crippen molar-refractivity contribution in [1.82, 2.24) is 61.8 Å². The van der Waals surface area contributed by atoms with Crippen molar-refractivity contribution in [3.63, 3.8) is 0 Å². The van der Waals surface area contributed by atoms with Gasteiger partial charge in [0, 0.05) is 84.5 Å². The Morgan fingerprint density at radius 3 is 1.15 bits per heavy atom. The Labute approximate surface area is 765 Å². The largest absolute Gasteiger partial charge is 0.388 e. The zero-order valence-electron chi connectivity index (χ0n) is 77.0. The number of aliphatic hydroxyl groups excluding tert-OH is 12. The molecule has 6 saturated heterocycles. The lowest BCUT2D eigenvalue weighted by molar-refractivity contribution is -0.119. The number of carbonyl (C=O) groups is 5. The zero-order chi connectivity index (χ0) is 97.3. The van der Waals surface area contributed by atoms with Gasteiger partial charge in [-0.2, -0.15) is 5.10 Å². The summed E-state index contributed by atoms with van der Waals surface area (Å²) in [5.41, 5.74) is 3.44. The highest BCUT2D eigenvalue weighted by Gasteiger charge is 2.52. The molecule has 0 radical (unpaired) electrons. The maximum Gasteiger partial charge on any atom is 0.325 e. The lowest BCUT2D eigenvalue weighted by Gasteiger charge is -2.34. The number of amides is 8. The smallest absolute Gasteiger partial charge is 0.325 e. The van der Waals surface area contributed by atoms with Gasteiger partial charge in [0.25, 0.3) is 11.8 Å². The lowest BCUT2D eigenvalue weighted by Crippen LogP contribution is -2.47. The molecule has 12 rings (SSSR count). The summed E-state index contributed by atoms with van der Waals surface area (Å²) in [7, 11) is 3.20. The fraction of sp³-hybridized carbons (Fsp3) is 0.593. The Balaban J connectivity index is 0.000000212. The highest BCUT2D eigenvalue weighted by molar-refractivity contribution is 7.80. The second-order valence-corrected chi connectivity index (χ2v) is 64.5. The number of aliphatic hydroxyl groups is 12. The van der Waals surface area contributed by atoms with Gasteiger partial charge >= 0.3 is 18.1 Å². The van der Waals surface area contributed by atoms with Gasteiger partial charge in [0.1, 0.15) is 120 Å². The Morgan fingerprint density at radius 2 is 0.752 bits per heavy atom. The van der Waals surface area contributed by atoms with Gasteiger partial charge in [-0.3, -0.25) is 14.5 Å². The molecular formula is C86H143N13O23P6S. The second kappa shape index (κ2) is 45.5. The first-order chi connectivity index (χ1) is 59.4. The third kappa shape index (κ3) is 31.0. The number of nitrogens with zero attached hydrogens (tertiary/aromatic N) is 6. The fourth-order valence-corrected chi connectivity index (χ4v) is 20.8. The van der Waals surface area contributed by atoms with Crippen molar-refractivity contribution >= 4 is 132 Å². The average molecular weight is 1950 g/mol. The SMILES string of the molecule is C=C1C([C@@H]2O[C@H](CCP(=C)(C)C)[C@@H](O)[C@H]2O)=CNC(=O)N1C.C=C1NC(=O)C(C)=CN1[C@@H]1O[C@H](CCP(=C)(C)C)[C@@H](O)[C@H]1O.C=C1NC(=O)C=NN1[C@@H]1O[C@H](CCP(=C)(C)C)[C@@H](O)[C@H]1O.C=C1NC(=O)N(C)C=C1[C@@H]1O[C@H](CCP(=C)(C)C)[C@@H](O)[C@H]1O.C=C1NC(=O)NC=C1[C@@H]1O[C@H](CCP(=C)(C)C)[C@@H](O)[C@H]1O.C=C1NC(=S)C=CN1[C@@H]1O[C@H](CCP(=C)(C)C)[C@@H](O)[C@H]1O. The van der Waals surface area contributed by atoms with Crippen LogP contribution in [0.3, 0.4) is 0 Å². The van der Waals surface area contributed by atoms with Crippen LogP contribution in [0.5, 0.6) is 0 Å². The van der Waals surface area contributed by atoms with Crippen LogP contribution in [-0.4, -0.2) is 443 Å². The number of hydrogen-bond donors (Lipinski definition) is 19.